The van der Waals surface area contributed by atoms with Crippen molar-refractivity contribution in [2.24, 2.45) is 11.8 Å². The van der Waals surface area contributed by atoms with E-state index in [0.29, 0.717) is 26.1 Å². The number of fused-ring (bicyclic) bond motifs is 1. The normalized spacial score (nSPS) is 29.6. The minimum atomic E-state index is -0.816. The van der Waals surface area contributed by atoms with Crippen molar-refractivity contribution in [2.45, 2.75) is 79.4 Å². The predicted molar refractivity (Wildman–Crippen MR) is 169 cm³/mol. The maximum atomic E-state index is 14.8. The maximum Gasteiger partial charge on any atom is 0.247 e. The van der Waals surface area contributed by atoms with Gasteiger partial charge in [0, 0.05) is 35.8 Å². The maximum absolute atomic E-state index is 14.8. The minimum absolute atomic E-state index is 0.0156. The van der Waals surface area contributed by atoms with Crippen LogP contribution in [0.15, 0.2) is 55.6 Å². The molecule has 224 valence electrons. The van der Waals surface area contributed by atoms with Crippen molar-refractivity contribution in [3.63, 3.8) is 0 Å². The smallest absolute Gasteiger partial charge is 0.247 e. The highest BCUT2D eigenvalue weighted by atomic mass is 79.9. The van der Waals surface area contributed by atoms with E-state index in [0.717, 1.165) is 24.8 Å². The fourth-order valence-electron chi connectivity index (χ4n) is 7.28. The first kappa shape index (κ1) is 31.8. The monoisotopic (exact) mass is 645 g/mol. The molecule has 3 heterocycles. The number of alkyl halides is 1. The van der Waals surface area contributed by atoms with Crippen molar-refractivity contribution < 1.29 is 19.5 Å². The van der Waals surface area contributed by atoms with E-state index in [1.807, 2.05) is 49.1 Å². The number of thioether (sulfide) groups is 1. The molecule has 8 atom stereocenters. The van der Waals surface area contributed by atoms with Crippen LogP contribution in [0, 0.1) is 11.8 Å². The first-order chi connectivity index (χ1) is 19.7. The molecule has 1 N–H and O–H groups in total. The number of aliphatic hydroxyl groups is 1. The number of benzene rings is 1. The molecule has 1 spiro atoms. The third-order valence-corrected chi connectivity index (χ3v) is 12.2. The van der Waals surface area contributed by atoms with Gasteiger partial charge in [0.15, 0.2) is 0 Å². The fraction of sp³-hybridized carbons (Fsp3) is 0.594. The predicted octanol–water partition coefficient (Wildman–Crippen LogP) is 4.81. The number of amides is 3. The van der Waals surface area contributed by atoms with Crippen molar-refractivity contribution in [2.75, 3.05) is 26.2 Å². The Bertz CT molecular complexity index is 1140. The van der Waals surface area contributed by atoms with Crippen LogP contribution in [-0.2, 0) is 14.4 Å². The molecule has 41 heavy (non-hydrogen) atoms. The van der Waals surface area contributed by atoms with Crippen LogP contribution in [0.3, 0.4) is 0 Å². The molecule has 0 aliphatic carbocycles. The molecule has 1 aromatic rings. The molecule has 3 fully saturated rings. The van der Waals surface area contributed by atoms with Crippen LogP contribution in [0.25, 0.3) is 0 Å². The van der Waals surface area contributed by atoms with Crippen LogP contribution < -0.4 is 0 Å². The Morgan fingerprint density at radius 2 is 1.85 bits per heavy atom. The van der Waals surface area contributed by atoms with Gasteiger partial charge in [0.1, 0.15) is 6.04 Å². The van der Waals surface area contributed by atoms with E-state index in [1.165, 1.54) is 0 Å². The van der Waals surface area contributed by atoms with E-state index in [4.69, 9.17) is 0 Å². The van der Waals surface area contributed by atoms with Gasteiger partial charge in [0.25, 0.3) is 0 Å². The Morgan fingerprint density at radius 1 is 1.17 bits per heavy atom. The number of halogens is 1. The third-order valence-electron chi connectivity index (χ3n) is 8.94. The SMILES string of the molecule is C=CCN(CCC)C(=O)[C@H]1[C@H]2C(=O)N([C@H](CO)c3ccccc3)C(C(=O)N(CC=C)C(C)CCC)C23CC(Br)[C@@H]1S3. The van der Waals surface area contributed by atoms with Gasteiger partial charge in [-0.25, -0.2) is 0 Å². The van der Waals surface area contributed by atoms with Gasteiger partial charge in [0.2, 0.25) is 17.7 Å². The van der Waals surface area contributed by atoms with Crippen molar-refractivity contribution in [1.29, 1.82) is 0 Å². The lowest BCUT2D eigenvalue weighted by Crippen LogP contribution is -2.58. The Morgan fingerprint density at radius 3 is 2.44 bits per heavy atom. The van der Waals surface area contributed by atoms with Crippen LogP contribution >= 0.6 is 27.7 Å². The lowest BCUT2D eigenvalue weighted by Gasteiger charge is -2.41. The summed E-state index contributed by atoms with van der Waals surface area (Å²) in [6.45, 7) is 15.0. The van der Waals surface area contributed by atoms with Gasteiger partial charge in [-0.3, -0.25) is 14.4 Å². The number of nitrogens with zero attached hydrogens (tertiary/aromatic N) is 3. The number of hydrogen-bond acceptors (Lipinski definition) is 5. The minimum Gasteiger partial charge on any atom is -0.394 e. The molecule has 0 aromatic heterocycles. The zero-order chi connectivity index (χ0) is 29.9. The number of aliphatic hydroxyl groups excluding tert-OH is 1. The van der Waals surface area contributed by atoms with Gasteiger partial charge >= 0.3 is 0 Å². The molecule has 0 radical (unpaired) electrons. The molecular formula is C32H44BrN3O4S. The van der Waals surface area contributed by atoms with Crippen LogP contribution in [0.2, 0.25) is 0 Å². The van der Waals surface area contributed by atoms with E-state index >= 15 is 0 Å². The molecule has 2 bridgehead atoms. The quantitative estimate of drug-likeness (QED) is 0.232. The Hall–Kier alpha value is -2.10. The zero-order valence-electron chi connectivity index (χ0n) is 24.5. The van der Waals surface area contributed by atoms with Crippen LogP contribution in [0.4, 0.5) is 0 Å². The average molecular weight is 647 g/mol. The number of rotatable bonds is 14. The van der Waals surface area contributed by atoms with E-state index in [-0.39, 0.29) is 40.4 Å². The van der Waals surface area contributed by atoms with Gasteiger partial charge in [-0.15, -0.1) is 24.9 Å². The molecule has 9 heteroatoms. The van der Waals surface area contributed by atoms with Gasteiger partial charge in [0.05, 0.1) is 29.2 Å². The van der Waals surface area contributed by atoms with Gasteiger partial charge in [-0.1, -0.05) is 78.7 Å². The van der Waals surface area contributed by atoms with Crippen molar-refractivity contribution in [1.82, 2.24) is 14.7 Å². The summed E-state index contributed by atoms with van der Waals surface area (Å²) in [6.07, 6.45) is 6.60. The van der Waals surface area contributed by atoms with Crippen LogP contribution in [-0.4, -0.2) is 90.7 Å². The highest BCUT2D eigenvalue weighted by Gasteiger charge is 2.76. The van der Waals surface area contributed by atoms with Gasteiger partial charge in [-0.2, -0.15) is 0 Å². The Balaban J connectivity index is 1.87. The second-order valence-corrected chi connectivity index (χ2v) is 14.2. The molecule has 0 saturated carbocycles. The zero-order valence-corrected chi connectivity index (χ0v) is 26.9. The third kappa shape index (κ3) is 5.54. The summed E-state index contributed by atoms with van der Waals surface area (Å²) < 4.78 is -0.785. The van der Waals surface area contributed by atoms with Crippen molar-refractivity contribution in [3.8, 4) is 0 Å². The molecule has 3 aliphatic heterocycles. The highest BCUT2D eigenvalue weighted by Crippen LogP contribution is 2.68. The fourth-order valence-corrected chi connectivity index (χ4v) is 10.9. The standard InChI is InChI=1S/C32H44BrN3O4S/c1-6-13-21(5)35(18-9-4)31(40)28-32-19-23(33)27(41-32)25(29(38)34(16-7-2)17-8-3)26(32)30(39)36(28)24(20-37)22-14-11-10-12-15-22/h7,9-12,14-15,21,23-28,37H,2,4,6,8,13,16-20H2,1,3,5H3/t21?,23?,24-,25+,26+,27+,28?,32?/m1/s1. The summed E-state index contributed by atoms with van der Waals surface area (Å²) in [4.78, 5) is 48.9. The average Bonchev–Trinajstić information content (AvgIpc) is 3.55. The van der Waals surface area contributed by atoms with E-state index < -0.39 is 28.7 Å². The summed E-state index contributed by atoms with van der Waals surface area (Å²) in [5.41, 5.74) is 0.770. The van der Waals surface area contributed by atoms with Gasteiger partial charge in [-0.05, 0) is 31.7 Å². The van der Waals surface area contributed by atoms with Gasteiger partial charge < -0.3 is 19.8 Å². The molecular weight excluding hydrogens is 602 g/mol. The van der Waals surface area contributed by atoms with E-state index in [2.05, 4.69) is 36.0 Å². The molecule has 3 aliphatic rings. The first-order valence-electron chi connectivity index (χ1n) is 14.8. The number of carbonyl (C=O) groups is 3. The molecule has 3 saturated heterocycles. The second kappa shape index (κ2) is 13.5. The number of carbonyl (C=O) groups excluding carboxylic acids is 3. The molecule has 1 aromatic carbocycles. The first-order valence-corrected chi connectivity index (χ1v) is 16.6. The van der Waals surface area contributed by atoms with Crippen LogP contribution in [0.5, 0.6) is 0 Å². The lowest BCUT2D eigenvalue weighted by atomic mass is 9.70. The molecule has 7 nitrogen and oxygen atoms in total. The number of hydrogen-bond donors (Lipinski definition) is 1. The summed E-state index contributed by atoms with van der Waals surface area (Å²) >= 11 is 5.51. The Kier molecular flexibility index (Phi) is 10.5. The van der Waals surface area contributed by atoms with E-state index in [1.54, 1.807) is 33.7 Å². The van der Waals surface area contributed by atoms with Crippen molar-refractivity contribution in [3.05, 3.63) is 61.2 Å². The highest BCUT2D eigenvalue weighted by molar-refractivity contribution is 9.09. The second-order valence-electron chi connectivity index (χ2n) is 11.5. The van der Waals surface area contributed by atoms with E-state index in [9.17, 15) is 19.5 Å². The molecule has 3 amide bonds. The van der Waals surface area contributed by atoms with Crippen molar-refractivity contribution >= 4 is 45.4 Å². The molecule has 4 unspecified atom stereocenters. The van der Waals surface area contributed by atoms with Crippen LogP contribution in [0.1, 0.15) is 58.1 Å². The summed E-state index contributed by atoms with van der Waals surface area (Å²) in [5, 5.41) is 10.6. The topological polar surface area (TPSA) is 81.2 Å². The lowest BCUT2D eigenvalue weighted by molar-refractivity contribution is -0.147. The summed E-state index contributed by atoms with van der Waals surface area (Å²) in [5.74, 6) is -1.61. The summed E-state index contributed by atoms with van der Waals surface area (Å²) in [6, 6.07) is 7.85. The Labute approximate surface area is 257 Å². The summed E-state index contributed by atoms with van der Waals surface area (Å²) in [7, 11) is 0. The largest absolute Gasteiger partial charge is 0.394 e. The number of likely N-dealkylation sites (tertiary alicyclic amines) is 1. The molecule has 4 rings (SSSR count).